The fourth-order valence-corrected chi connectivity index (χ4v) is 7.25. The summed E-state index contributed by atoms with van der Waals surface area (Å²) >= 11 is 6.52. The van der Waals surface area contributed by atoms with E-state index in [2.05, 4.69) is 6.92 Å². The number of thiocarbonyl (C=S) groups is 1. The van der Waals surface area contributed by atoms with Gasteiger partial charge in [-0.1, -0.05) is 61.2 Å². The first kappa shape index (κ1) is 24.9. The summed E-state index contributed by atoms with van der Waals surface area (Å²) in [6.07, 6.45) is 5.52. The maximum atomic E-state index is 13.4. The Labute approximate surface area is 220 Å². The van der Waals surface area contributed by atoms with Crippen molar-refractivity contribution in [3.8, 4) is 16.9 Å². The average molecular weight is 539 g/mol. The largest absolute Gasteiger partial charge is 0.296 e. The number of piperidine rings is 1. The zero-order valence-corrected chi connectivity index (χ0v) is 22.4. The van der Waals surface area contributed by atoms with Gasteiger partial charge in [-0.2, -0.15) is 9.40 Å². The average Bonchev–Trinajstić information content (AvgIpc) is 3.41. The van der Waals surface area contributed by atoms with E-state index in [1.54, 1.807) is 40.3 Å². The number of hydrogen-bond donors (Lipinski definition) is 0. The Hall–Kier alpha value is -2.79. The lowest BCUT2D eigenvalue weighted by atomic mass is 10.0. The summed E-state index contributed by atoms with van der Waals surface area (Å²) in [6.45, 7) is 3.14. The predicted octanol–water partition coefficient (Wildman–Crippen LogP) is 4.79. The van der Waals surface area contributed by atoms with Gasteiger partial charge < -0.3 is 0 Å². The Morgan fingerprint density at radius 2 is 1.92 bits per heavy atom. The lowest BCUT2D eigenvalue weighted by Crippen LogP contribution is -2.39. The summed E-state index contributed by atoms with van der Waals surface area (Å²) in [6, 6.07) is 16.5. The summed E-state index contributed by atoms with van der Waals surface area (Å²) in [4.78, 5) is 14.9. The smallest absolute Gasteiger partial charge is 0.265 e. The Balaban J connectivity index is 1.59. The van der Waals surface area contributed by atoms with E-state index in [0.29, 0.717) is 45.1 Å². The fourth-order valence-electron chi connectivity index (χ4n) is 4.43. The van der Waals surface area contributed by atoms with Crippen LogP contribution in [0.25, 0.3) is 23.0 Å². The zero-order chi connectivity index (χ0) is 25.4. The third kappa shape index (κ3) is 4.78. The Morgan fingerprint density at radius 3 is 2.61 bits per heavy atom. The van der Waals surface area contributed by atoms with Crippen molar-refractivity contribution in [2.24, 2.45) is 5.92 Å². The lowest BCUT2D eigenvalue weighted by molar-refractivity contribution is -0.121. The number of likely N-dealkylation sites (N-methyl/N-ethyl adjacent to an activating group) is 1. The minimum atomic E-state index is -3.63. The van der Waals surface area contributed by atoms with E-state index in [1.807, 2.05) is 42.6 Å². The molecule has 10 heteroatoms. The molecule has 0 aliphatic carbocycles. The molecule has 0 unspecified atom stereocenters. The van der Waals surface area contributed by atoms with Crippen molar-refractivity contribution in [2.45, 2.75) is 24.7 Å². The number of para-hydroxylation sites is 1. The van der Waals surface area contributed by atoms with Crippen LogP contribution >= 0.6 is 24.0 Å². The minimum absolute atomic E-state index is 0.168. The topological polar surface area (TPSA) is 75.5 Å². The van der Waals surface area contributed by atoms with Gasteiger partial charge in [0, 0.05) is 37.5 Å². The van der Waals surface area contributed by atoms with E-state index in [1.165, 1.54) is 16.7 Å². The SMILES string of the molecule is C[C@@H]1CCCN(S(=O)(=O)c2cccc(-c3nn(-c4ccccc4)cc3/C=C3\SC(=S)N(C)C3=O)c2)C1. The molecule has 7 nitrogen and oxygen atoms in total. The van der Waals surface area contributed by atoms with Crippen LogP contribution in [-0.4, -0.2) is 57.8 Å². The molecule has 0 radical (unpaired) electrons. The van der Waals surface area contributed by atoms with E-state index in [9.17, 15) is 13.2 Å². The van der Waals surface area contributed by atoms with Gasteiger partial charge in [0.1, 0.15) is 10.0 Å². The molecule has 3 heterocycles. The highest BCUT2D eigenvalue weighted by Gasteiger charge is 2.31. The number of aromatic nitrogens is 2. The van der Waals surface area contributed by atoms with Gasteiger partial charge in [0.25, 0.3) is 5.91 Å². The molecule has 0 bridgehead atoms. The highest BCUT2D eigenvalue weighted by Crippen LogP contribution is 2.35. The lowest BCUT2D eigenvalue weighted by Gasteiger charge is -2.30. The summed E-state index contributed by atoms with van der Waals surface area (Å²) in [5.74, 6) is 0.168. The van der Waals surface area contributed by atoms with E-state index >= 15 is 0 Å². The van der Waals surface area contributed by atoms with Crippen LogP contribution in [0, 0.1) is 5.92 Å². The second-order valence-electron chi connectivity index (χ2n) is 9.09. The number of carbonyl (C=O) groups is 1. The minimum Gasteiger partial charge on any atom is -0.296 e. The highest BCUT2D eigenvalue weighted by molar-refractivity contribution is 8.26. The molecule has 2 aromatic carbocycles. The molecule has 2 aliphatic rings. The molecule has 0 spiro atoms. The second kappa shape index (κ2) is 9.93. The number of rotatable bonds is 5. The number of carbonyl (C=O) groups excluding carboxylic acids is 1. The molecule has 0 N–H and O–H groups in total. The van der Waals surface area contributed by atoms with Gasteiger partial charge >= 0.3 is 0 Å². The first-order valence-electron chi connectivity index (χ1n) is 11.7. The van der Waals surface area contributed by atoms with Crippen LogP contribution in [-0.2, 0) is 14.8 Å². The molecule has 2 aliphatic heterocycles. The monoisotopic (exact) mass is 538 g/mol. The number of nitrogens with zero attached hydrogens (tertiary/aromatic N) is 4. The first-order valence-corrected chi connectivity index (χ1v) is 14.4. The molecule has 1 aromatic heterocycles. The van der Waals surface area contributed by atoms with Crippen molar-refractivity contribution in [3.63, 3.8) is 0 Å². The summed E-state index contributed by atoms with van der Waals surface area (Å²) in [7, 11) is -1.97. The molecule has 1 atom stereocenters. The van der Waals surface area contributed by atoms with E-state index in [-0.39, 0.29) is 10.8 Å². The quantitative estimate of drug-likeness (QED) is 0.344. The molecule has 36 heavy (non-hydrogen) atoms. The molecule has 0 saturated carbocycles. The Bertz CT molecular complexity index is 1460. The van der Waals surface area contributed by atoms with Crippen molar-refractivity contribution in [2.75, 3.05) is 20.1 Å². The van der Waals surface area contributed by atoms with Crippen molar-refractivity contribution >= 4 is 50.3 Å². The molecule has 3 aromatic rings. The normalized spacial score (nSPS) is 20.4. The molecular formula is C26H26N4O3S3. The van der Waals surface area contributed by atoms with Crippen molar-refractivity contribution < 1.29 is 13.2 Å². The van der Waals surface area contributed by atoms with Crippen molar-refractivity contribution in [1.29, 1.82) is 0 Å². The molecule has 2 fully saturated rings. The van der Waals surface area contributed by atoms with Gasteiger partial charge in [0.05, 0.1) is 15.5 Å². The van der Waals surface area contributed by atoms with Crippen LogP contribution in [0.4, 0.5) is 0 Å². The van der Waals surface area contributed by atoms with Crippen LogP contribution < -0.4 is 0 Å². The predicted molar refractivity (Wildman–Crippen MR) is 147 cm³/mol. The number of sulfonamides is 1. The second-order valence-corrected chi connectivity index (χ2v) is 12.7. The van der Waals surface area contributed by atoms with Gasteiger partial charge in [-0.05, 0) is 49.1 Å². The van der Waals surface area contributed by atoms with Gasteiger partial charge in [-0.15, -0.1) is 0 Å². The molecule has 186 valence electrons. The number of benzene rings is 2. The van der Waals surface area contributed by atoms with Gasteiger partial charge in [-0.3, -0.25) is 9.69 Å². The maximum absolute atomic E-state index is 13.4. The summed E-state index contributed by atoms with van der Waals surface area (Å²) in [5, 5.41) is 4.80. The van der Waals surface area contributed by atoms with Crippen molar-refractivity contribution in [1.82, 2.24) is 19.0 Å². The maximum Gasteiger partial charge on any atom is 0.265 e. The Kier molecular flexibility index (Phi) is 6.86. The number of amides is 1. The Morgan fingerprint density at radius 1 is 1.14 bits per heavy atom. The van der Waals surface area contributed by atoms with Crippen LogP contribution in [0.2, 0.25) is 0 Å². The van der Waals surface area contributed by atoms with E-state index in [4.69, 9.17) is 17.3 Å². The third-order valence-electron chi connectivity index (χ3n) is 6.40. The van der Waals surface area contributed by atoms with E-state index in [0.717, 1.165) is 18.5 Å². The zero-order valence-electron chi connectivity index (χ0n) is 20.0. The van der Waals surface area contributed by atoms with E-state index < -0.39 is 10.0 Å². The fraction of sp³-hybridized carbons (Fsp3) is 0.269. The first-order chi connectivity index (χ1) is 17.2. The highest BCUT2D eigenvalue weighted by atomic mass is 32.2. The van der Waals surface area contributed by atoms with Gasteiger partial charge in [-0.25, -0.2) is 13.1 Å². The summed E-state index contributed by atoms with van der Waals surface area (Å²) in [5.41, 5.74) is 2.81. The number of thioether (sulfide) groups is 1. The summed E-state index contributed by atoms with van der Waals surface area (Å²) < 4.78 is 30.7. The standard InChI is InChI=1S/C26H26N4O3S3/c1-18-8-7-13-29(16-18)36(32,33)22-12-6-9-19(14-22)24-20(15-23-25(31)28(2)26(34)35-23)17-30(27-24)21-10-4-3-5-11-21/h3-6,9-12,14-15,17-18H,7-8,13,16H2,1-2H3/b23-15-/t18-/m1/s1. The van der Waals surface area contributed by atoms with Crippen LogP contribution in [0.3, 0.4) is 0 Å². The molecule has 5 rings (SSSR count). The van der Waals surface area contributed by atoms with Crippen LogP contribution in [0.5, 0.6) is 0 Å². The van der Waals surface area contributed by atoms with Crippen molar-refractivity contribution in [3.05, 3.63) is 71.3 Å². The van der Waals surface area contributed by atoms with Gasteiger partial charge in [0.15, 0.2) is 0 Å². The molecule has 2 saturated heterocycles. The number of hydrogen-bond acceptors (Lipinski definition) is 6. The molecule has 1 amide bonds. The molecular weight excluding hydrogens is 513 g/mol. The van der Waals surface area contributed by atoms with Crippen LogP contribution in [0.1, 0.15) is 25.3 Å². The third-order valence-corrected chi connectivity index (χ3v) is 9.75. The van der Waals surface area contributed by atoms with Crippen LogP contribution in [0.15, 0.2) is 70.6 Å². The van der Waals surface area contributed by atoms with Gasteiger partial charge in [0.2, 0.25) is 10.0 Å².